The molecule has 0 saturated heterocycles. The van der Waals surface area contributed by atoms with Gasteiger partial charge >= 0.3 is 12.1 Å². The van der Waals surface area contributed by atoms with Gasteiger partial charge in [-0.25, -0.2) is 4.79 Å². The molecule has 0 aliphatic carbocycles. The highest BCUT2D eigenvalue weighted by Gasteiger charge is 2.12. The Morgan fingerprint density at radius 3 is 2.54 bits per heavy atom. The first-order valence-electron chi connectivity index (χ1n) is 4.27. The fraction of sp³-hybridized carbons (Fsp3) is 0.750. The summed E-state index contributed by atoms with van der Waals surface area (Å²) in [6.45, 7) is 2.34. The van der Waals surface area contributed by atoms with Crippen LogP contribution in [0.5, 0.6) is 0 Å². The van der Waals surface area contributed by atoms with Gasteiger partial charge in [0.15, 0.2) is 0 Å². The summed E-state index contributed by atoms with van der Waals surface area (Å²) in [5.41, 5.74) is 4.98. The van der Waals surface area contributed by atoms with Gasteiger partial charge in [-0.15, -0.1) is 0 Å². The van der Waals surface area contributed by atoms with Crippen LogP contribution in [0.25, 0.3) is 0 Å². The second-order valence-corrected chi connectivity index (χ2v) is 2.72. The van der Waals surface area contributed by atoms with E-state index in [1.165, 1.54) is 4.90 Å². The number of nitrogens with two attached hydrogens (primary N) is 1. The van der Waals surface area contributed by atoms with Gasteiger partial charge in [0.25, 0.3) is 0 Å². The molecule has 0 aliphatic heterocycles. The lowest BCUT2D eigenvalue weighted by Gasteiger charge is -2.14. The minimum absolute atomic E-state index is 0.270. The van der Waals surface area contributed by atoms with Gasteiger partial charge in [-0.1, -0.05) is 13.3 Å². The smallest absolute Gasteiger partial charge is 0.375 e. The lowest BCUT2D eigenvalue weighted by atomic mass is 10.3. The summed E-state index contributed by atoms with van der Waals surface area (Å²) < 4.78 is 4.38. The van der Waals surface area contributed by atoms with Crippen LogP contribution in [0.4, 0.5) is 4.79 Å². The Kier molecular flexibility index (Phi) is 5.88. The minimum Gasteiger partial charge on any atom is -0.375 e. The van der Waals surface area contributed by atoms with E-state index in [2.05, 4.69) is 4.74 Å². The van der Waals surface area contributed by atoms with Gasteiger partial charge in [-0.05, 0) is 6.42 Å². The van der Waals surface area contributed by atoms with Crippen molar-refractivity contribution in [3.05, 3.63) is 0 Å². The van der Waals surface area contributed by atoms with Crippen molar-refractivity contribution in [1.29, 1.82) is 0 Å². The van der Waals surface area contributed by atoms with Gasteiger partial charge in [0, 0.05) is 13.6 Å². The molecule has 0 spiro atoms. The zero-order chi connectivity index (χ0) is 10.3. The molecule has 0 saturated carbocycles. The molecular weight excluding hydrogens is 172 g/mol. The molecule has 0 atom stereocenters. The predicted molar refractivity (Wildman–Crippen MR) is 48.1 cm³/mol. The molecule has 0 aromatic carbocycles. The molecule has 0 heterocycles. The largest absolute Gasteiger partial charge is 0.417 e. The van der Waals surface area contributed by atoms with Crippen molar-refractivity contribution in [2.75, 3.05) is 20.1 Å². The zero-order valence-corrected chi connectivity index (χ0v) is 8.08. The summed E-state index contributed by atoms with van der Waals surface area (Å²) in [7, 11) is 1.59. The van der Waals surface area contributed by atoms with Crippen molar-refractivity contribution in [3.8, 4) is 0 Å². The molecule has 0 radical (unpaired) electrons. The summed E-state index contributed by atoms with van der Waals surface area (Å²) in [4.78, 5) is 23.0. The number of amides is 1. The Morgan fingerprint density at radius 2 is 2.08 bits per heavy atom. The first kappa shape index (κ1) is 11.9. The molecule has 5 nitrogen and oxygen atoms in total. The number of unbranched alkanes of at least 4 members (excludes halogenated alkanes) is 1. The van der Waals surface area contributed by atoms with Gasteiger partial charge in [0.1, 0.15) is 0 Å². The van der Waals surface area contributed by atoms with Gasteiger partial charge < -0.3 is 15.4 Å². The van der Waals surface area contributed by atoms with Crippen LogP contribution < -0.4 is 5.73 Å². The number of ether oxygens (including phenoxy) is 1. The van der Waals surface area contributed by atoms with E-state index in [-0.39, 0.29) is 6.54 Å². The second-order valence-electron chi connectivity index (χ2n) is 2.72. The molecule has 76 valence electrons. The topological polar surface area (TPSA) is 72.6 Å². The second kappa shape index (κ2) is 6.42. The van der Waals surface area contributed by atoms with Crippen LogP contribution >= 0.6 is 0 Å². The molecule has 0 aliphatic rings. The van der Waals surface area contributed by atoms with E-state index >= 15 is 0 Å². The number of hydrogen-bond donors (Lipinski definition) is 1. The normalized spacial score (nSPS) is 9.46. The van der Waals surface area contributed by atoms with Gasteiger partial charge in [-0.2, -0.15) is 0 Å². The van der Waals surface area contributed by atoms with Crippen LogP contribution in [0.3, 0.4) is 0 Å². The van der Waals surface area contributed by atoms with Crippen molar-refractivity contribution in [2.24, 2.45) is 5.73 Å². The molecule has 0 bridgehead atoms. The SMILES string of the molecule is CCCCN(C)C(=O)OC(=O)CN. The molecule has 2 N–H and O–H groups in total. The molecule has 1 amide bonds. The predicted octanol–water partition coefficient (Wildman–Crippen LogP) is 0.340. The van der Waals surface area contributed by atoms with Crippen LogP contribution in [-0.2, 0) is 9.53 Å². The Balaban J connectivity index is 3.75. The van der Waals surface area contributed by atoms with Crippen molar-refractivity contribution in [1.82, 2.24) is 4.90 Å². The van der Waals surface area contributed by atoms with Crippen LogP contribution in [0, 0.1) is 0 Å². The highest BCUT2D eigenvalue weighted by molar-refractivity contribution is 5.85. The number of rotatable bonds is 4. The fourth-order valence-electron chi connectivity index (χ4n) is 0.704. The number of carbonyl (C=O) groups excluding carboxylic acids is 2. The summed E-state index contributed by atoms with van der Waals surface area (Å²) >= 11 is 0. The van der Waals surface area contributed by atoms with E-state index in [0.29, 0.717) is 6.54 Å². The summed E-state index contributed by atoms with van der Waals surface area (Å²) in [6.07, 6.45) is 1.24. The van der Waals surface area contributed by atoms with Crippen molar-refractivity contribution >= 4 is 12.1 Å². The van der Waals surface area contributed by atoms with Crippen LogP contribution in [0.1, 0.15) is 19.8 Å². The van der Waals surface area contributed by atoms with Crippen LogP contribution in [0.2, 0.25) is 0 Å². The monoisotopic (exact) mass is 188 g/mol. The Bertz CT molecular complexity index is 182. The highest BCUT2D eigenvalue weighted by atomic mass is 16.6. The summed E-state index contributed by atoms with van der Waals surface area (Å²) in [5.74, 6) is -0.701. The van der Waals surface area contributed by atoms with Crippen molar-refractivity contribution in [3.63, 3.8) is 0 Å². The van der Waals surface area contributed by atoms with Crippen molar-refractivity contribution < 1.29 is 14.3 Å². The molecule has 5 heteroatoms. The Hall–Kier alpha value is -1.10. The van der Waals surface area contributed by atoms with E-state index in [1.807, 2.05) is 6.92 Å². The van der Waals surface area contributed by atoms with Gasteiger partial charge in [-0.3, -0.25) is 4.79 Å². The van der Waals surface area contributed by atoms with E-state index in [1.54, 1.807) is 7.05 Å². The maximum atomic E-state index is 11.0. The van der Waals surface area contributed by atoms with E-state index in [0.717, 1.165) is 12.8 Å². The molecule has 0 aromatic rings. The standard InChI is InChI=1S/C8H16N2O3/c1-3-4-5-10(2)8(12)13-7(11)6-9/h3-6,9H2,1-2H3. The average Bonchev–Trinajstić information content (AvgIpc) is 2.13. The third-order valence-corrected chi connectivity index (χ3v) is 1.53. The highest BCUT2D eigenvalue weighted by Crippen LogP contribution is 1.95. The van der Waals surface area contributed by atoms with Crippen LogP contribution in [-0.4, -0.2) is 37.1 Å². The fourth-order valence-corrected chi connectivity index (χ4v) is 0.704. The number of carbonyl (C=O) groups is 2. The van der Waals surface area contributed by atoms with Gasteiger partial charge in [0.05, 0.1) is 6.54 Å². The third kappa shape index (κ3) is 5.19. The maximum absolute atomic E-state index is 11.0. The lowest BCUT2D eigenvalue weighted by molar-refractivity contribution is -0.136. The minimum atomic E-state index is -0.701. The van der Waals surface area contributed by atoms with E-state index in [9.17, 15) is 9.59 Å². The van der Waals surface area contributed by atoms with Crippen LogP contribution in [0.15, 0.2) is 0 Å². The zero-order valence-electron chi connectivity index (χ0n) is 8.08. The summed E-state index contributed by atoms with van der Waals surface area (Å²) in [5, 5.41) is 0. The summed E-state index contributed by atoms with van der Waals surface area (Å²) in [6, 6.07) is 0. The number of nitrogens with zero attached hydrogens (tertiary/aromatic N) is 1. The Labute approximate surface area is 77.8 Å². The lowest BCUT2D eigenvalue weighted by Crippen LogP contribution is -2.32. The van der Waals surface area contributed by atoms with E-state index < -0.39 is 12.1 Å². The van der Waals surface area contributed by atoms with Gasteiger partial charge in [0.2, 0.25) is 0 Å². The first-order chi connectivity index (χ1) is 6.11. The van der Waals surface area contributed by atoms with Crippen molar-refractivity contribution in [2.45, 2.75) is 19.8 Å². The number of esters is 1. The average molecular weight is 188 g/mol. The quantitative estimate of drug-likeness (QED) is 0.510. The first-order valence-corrected chi connectivity index (χ1v) is 4.27. The molecule has 0 fully saturated rings. The number of hydrogen-bond acceptors (Lipinski definition) is 4. The Morgan fingerprint density at radius 1 is 1.46 bits per heavy atom. The van der Waals surface area contributed by atoms with E-state index in [4.69, 9.17) is 5.73 Å². The molecule has 0 aromatic heterocycles. The third-order valence-electron chi connectivity index (χ3n) is 1.53. The molecule has 0 rings (SSSR count). The molecule has 13 heavy (non-hydrogen) atoms. The maximum Gasteiger partial charge on any atom is 0.417 e. The molecular formula is C8H16N2O3. The molecule has 0 unspecified atom stereocenters.